The van der Waals surface area contributed by atoms with Crippen LogP contribution in [0.1, 0.15) is 29.7 Å². The highest BCUT2D eigenvalue weighted by atomic mass is 35.5. The maximum Gasteiger partial charge on any atom is 0.225 e. The summed E-state index contributed by atoms with van der Waals surface area (Å²) >= 11 is 8.13. The molecule has 20 heavy (non-hydrogen) atoms. The summed E-state index contributed by atoms with van der Waals surface area (Å²) in [6.07, 6.45) is 6.03. The van der Waals surface area contributed by atoms with Gasteiger partial charge < -0.3 is 10.1 Å². The molecule has 4 rings (SSSR count). The molecule has 1 N–H and O–H groups in total. The molecule has 0 amide bonds. The summed E-state index contributed by atoms with van der Waals surface area (Å²) in [5.41, 5.74) is 1.38. The number of halogens is 1. The van der Waals surface area contributed by atoms with Crippen molar-refractivity contribution in [2.45, 2.75) is 38.2 Å². The van der Waals surface area contributed by atoms with Gasteiger partial charge in [0.15, 0.2) is 0 Å². The lowest BCUT2D eigenvalue weighted by Gasteiger charge is -2.10. The summed E-state index contributed by atoms with van der Waals surface area (Å²) in [6, 6.07) is 0. The highest BCUT2D eigenvalue weighted by Crippen LogP contribution is 2.39. The lowest BCUT2D eigenvalue weighted by atomic mass is 10.2. The van der Waals surface area contributed by atoms with Crippen molar-refractivity contribution >= 4 is 39.1 Å². The molecule has 1 fully saturated rings. The smallest absolute Gasteiger partial charge is 0.225 e. The Kier molecular flexibility index (Phi) is 3.28. The van der Waals surface area contributed by atoms with Gasteiger partial charge in [-0.3, -0.25) is 0 Å². The molecule has 2 aromatic heterocycles. The van der Waals surface area contributed by atoms with Gasteiger partial charge in [-0.25, -0.2) is 9.97 Å². The second-order valence-corrected chi connectivity index (χ2v) is 6.83. The number of hydrogen-bond acceptors (Lipinski definition) is 5. The summed E-state index contributed by atoms with van der Waals surface area (Å²) in [5, 5.41) is 4.92. The van der Waals surface area contributed by atoms with Crippen molar-refractivity contribution in [2.24, 2.45) is 0 Å². The van der Waals surface area contributed by atoms with Crippen LogP contribution in [0.4, 0.5) is 5.95 Å². The van der Waals surface area contributed by atoms with Crippen LogP contribution in [0.2, 0.25) is 5.15 Å². The van der Waals surface area contributed by atoms with Crippen molar-refractivity contribution in [3.8, 4) is 0 Å². The second-order valence-electron chi connectivity index (χ2n) is 5.39. The van der Waals surface area contributed by atoms with Gasteiger partial charge in [0.2, 0.25) is 5.95 Å². The maximum atomic E-state index is 6.37. The topological polar surface area (TPSA) is 47.0 Å². The largest absolute Gasteiger partial charge is 0.376 e. The first kappa shape index (κ1) is 12.8. The van der Waals surface area contributed by atoms with Crippen molar-refractivity contribution < 1.29 is 4.74 Å². The number of rotatable bonds is 3. The van der Waals surface area contributed by atoms with Crippen molar-refractivity contribution in [3.63, 3.8) is 0 Å². The number of anilines is 1. The monoisotopic (exact) mass is 309 g/mol. The van der Waals surface area contributed by atoms with E-state index in [0.29, 0.717) is 11.1 Å². The van der Waals surface area contributed by atoms with Gasteiger partial charge in [0.05, 0.1) is 11.5 Å². The average Bonchev–Trinajstić information content (AvgIpc) is 3.12. The van der Waals surface area contributed by atoms with E-state index in [-0.39, 0.29) is 6.10 Å². The fraction of sp³-hybridized carbons (Fsp3) is 0.571. The number of hydrogen-bond donors (Lipinski definition) is 1. The molecule has 6 heteroatoms. The molecular formula is C14H16ClN3OS. The molecule has 1 aliphatic heterocycles. The third-order valence-electron chi connectivity index (χ3n) is 4.03. The zero-order valence-electron chi connectivity index (χ0n) is 11.1. The molecule has 0 radical (unpaired) electrons. The van der Waals surface area contributed by atoms with E-state index in [1.807, 2.05) is 0 Å². The Morgan fingerprint density at radius 3 is 3.10 bits per heavy atom. The van der Waals surface area contributed by atoms with Gasteiger partial charge in [-0.2, -0.15) is 0 Å². The first-order valence-corrected chi connectivity index (χ1v) is 8.34. The summed E-state index contributed by atoms with van der Waals surface area (Å²) < 4.78 is 5.59. The van der Waals surface area contributed by atoms with E-state index in [9.17, 15) is 0 Å². The first-order valence-electron chi connectivity index (χ1n) is 7.14. The summed E-state index contributed by atoms with van der Waals surface area (Å²) in [6.45, 7) is 1.62. The van der Waals surface area contributed by atoms with Crippen molar-refractivity contribution in [1.29, 1.82) is 0 Å². The summed E-state index contributed by atoms with van der Waals surface area (Å²) in [4.78, 5) is 11.5. The summed E-state index contributed by atoms with van der Waals surface area (Å²) in [7, 11) is 0. The van der Waals surface area contributed by atoms with Crippen LogP contribution in [0, 0.1) is 0 Å². The standard InChI is InChI=1S/C14H16ClN3OS/c15-12-11-9-4-1-5-10(9)20-13(11)18-14(17-12)16-7-8-3-2-6-19-8/h8H,1-7H2,(H,16,17,18). The van der Waals surface area contributed by atoms with Crippen LogP contribution in [-0.2, 0) is 17.6 Å². The molecule has 2 aliphatic rings. The molecule has 1 aliphatic carbocycles. The van der Waals surface area contributed by atoms with Gasteiger partial charge >= 0.3 is 0 Å². The molecule has 3 heterocycles. The van der Waals surface area contributed by atoms with E-state index in [2.05, 4.69) is 15.3 Å². The number of aromatic nitrogens is 2. The Hall–Kier alpha value is -0.910. The van der Waals surface area contributed by atoms with Crippen LogP contribution in [0.15, 0.2) is 0 Å². The van der Waals surface area contributed by atoms with Crippen molar-refractivity contribution in [1.82, 2.24) is 9.97 Å². The Labute approximate surface area is 126 Å². The molecule has 4 nitrogen and oxygen atoms in total. The second kappa shape index (κ2) is 5.13. The van der Waals surface area contributed by atoms with E-state index in [4.69, 9.17) is 16.3 Å². The fourth-order valence-electron chi connectivity index (χ4n) is 3.04. The molecule has 0 bridgehead atoms. The quantitative estimate of drug-likeness (QED) is 0.883. The van der Waals surface area contributed by atoms with Crippen LogP contribution in [0.5, 0.6) is 0 Å². The van der Waals surface area contributed by atoms with Gasteiger partial charge in [0, 0.05) is 18.0 Å². The van der Waals surface area contributed by atoms with Crippen molar-refractivity contribution in [3.05, 3.63) is 15.6 Å². The molecule has 1 saturated heterocycles. The fourth-order valence-corrected chi connectivity index (χ4v) is 4.64. The van der Waals surface area contributed by atoms with Gasteiger partial charge in [0.25, 0.3) is 0 Å². The minimum Gasteiger partial charge on any atom is -0.376 e. The average molecular weight is 310 g/mol. The predicted molar refractivity (Wildman–Crippen MR) is 81.9 cm³/mol. The number of fused-ring (bicyclic) bond motifs is 3. The SMILES string of the molecule is Clc1nc(NCC2CCCO2)nc2sc3c(c12)CCC3. The van der Waals surface area contributed by atoms with Gasteiger partial charge in [-0.05, 0) is 37.7 Å². The predicted octanol–water partition coefficient (Wildman–Crippen LogP) is 3.42. The number of nitrogens with zero attached hydrogens (tertiary/aromatic N) is 2. The number of nitrogens with one attached hydrogen (secondary N) is 1. The Morgan fingerprint density at radius 2 is 2.25 bits per heavy atom. The minimum absolute atomic E-state index is 0.279. The highest BCUT2D eigenvalue weighted by Gasteiger charge is 2.22. The van der Waals surface area contributed by atoms with E-state index in [1.54, 1.807) is 11.3 Å². The van der Waals surface area contributed by atoms with Crippen LogP contribution in [0.25, 0.3) is 10.2 Å². The zero-order valence-corrected chi connectivity index (χ0v) is 12.7. The molecule has 106 valence electrons. The molecular weight excluding hydrogens is 294 g/mol. The van der Waals surface area contributed by atoms with Gasteiger partial charge in [0.1, 0.15) is 9.98 Å². The zero-order chi connectivity index (χ0) is 13.5. The van der Waals surface area contributed by atoms with Gasteiger partial charge in [-0.1, -0.05) is 11.6 Å². The minimum atomic E-state index is 0.279. The van der Waals surface area contributed by atoms with Crippen LogP contribution in [0.3, 0.4) is 0 Å². The van der Waals surface area contributed by atoms with Crippen LogP contribution in [-0.4, -0.2) is 29.2 Å². The highest BCUT2D eigenvalue weighted by molar-refractivity contribution is 7.19. The van der Waals surface area contributed by atoms with Crippen LogP contribution < -0.4 is 5.32 Å². The first-order chi connectivity index (χ1) is 9.81. The number of ether oxygens (including phenoxy) is 1. The third-order valence-corrected chi connectivity index (χ3v) is 5.49. The molecule has 1 atom stereocenters. The molecule has 0 spiro atoms. The van der Waals surface area contributed by atoms with Crippen LogP contribution >= 0.6 is 22.9 Å². The Balaban J connectivity index is 1.61. The molecule has 1 unspecified atom stereocenters. The number of aryl methyl sites for hydroxylation is 2. The normalized spacial score (nSPS) is 21.6. The Morgan fingerprint density at radius 1 is 1.30 bits per heavy atom. The summed E-state index contributed by atoms with van der Waals surface area (Å²) in [5.74, 6) is 0.623. The van der Waals surface area contributed by atoms with Gasteiger partial charge in [-0.15, -0.1) is 11.3 Å². The van der Waals surface area contributed by atoms with E-state index < -0.39 is 0 Å². The Bertz CT molecular complexity index is 651. The van der Waals surface area contributed by atoms with Crippen molar-refractivity contribution in [2.75, 3.05) is 18.5 Å². The maximum absolute atomic E-state index is 6.37. The van der Waals surface area contributed by atoms with E-state index in [0.717, 1.165) is 49.1 Å². The lowest BCUT2D eigenvalue weighted by Crippen LogP contribution is -2.19. The third kappa shape index (κ3) is 2.18. The molecule has 0 saturated carbocycles. The molecule has 2 aromatic rings. The number of thiophene rings is 1. The van der Waals surface area contributed by atoms with E-state index in [1.165, 1.54) is 16.9 Å². The lowest BCUT2D eigenvalue weighted by molar-refractivity contribution is 0.120. The van der Waals surface area contributed by atoms with E-state index >= 15 is 0 Å². The molecule has 0 aromatic carbocycles.